The van der Waals surface area contributed by atoms with E-state index in [0.29, 0.717) is 25.4 Å². The van der Waals surface area contributed by atoms with Gasteiger partial charge >= 0.3 is 11.7 Å². The van der Waals surface area contributed by atoms with Gasteiger partial charge in [-0.15, -0.1) is 0 Å². The van der Waals surface area contributed by atoms with Crippen LogP contribution >= 0.6 is 0 Å². The number of carbonyl (C=O) groups excluding carboxylic acids is 2. The monoisotopic (exact) mass is 439 g/mol. The minimum Gasteiger partial charge on any atom is -0.358 e. The topological polar surface area (TPSA) is 114 Å². The predicted octanol–water partition coefficient (Wildman–Crippen LogP) is 1.67. The summed E-state index contributed by atoms with van der Waals surface area (Å²) < 4.78 is 7.23. The molecule has 0 bridgehead atoms. The lowest BCUT2D eigenvalue weighted by atomic mass is 9.85. The molecule has 2 saturated heterocycles. The van der Waals surface area contributed by atoms with E-state index in [1.807, 2.05) is 37.3 Å². The average Bonchev–Trinajstić information content (AvgIpc) is 2.76. The molecule has 0 radical (unpaired) electrons. The van der Waals surface area contributed by atoms with E-state index in [0.717, 1.165) is 29.7 Å². The third-order valence-corrected chi connectivity index (χ3v) is 6.09. The van der Waals surface area contributed by atoms with Crippen molar-refractivity contribution in [2.45, 2.75) is 58.5 Å². The van der Waals surface area contributed by atoms with Gasteiger partial charge in [0.25, 0.3) is 0 Å². The highest BCUT2D eigenvalue weighted by Crippen LogP contribution is 2.34. The van der Waals surface area contributed by atoms with Gasteiger partial charge in [0.15, 0.2) is 0 Å². The number of ether oxygens (including phenoxy) is 1. The predicted molar refractivity (Wildman–Crippen MR) is 118 cm³/mol. The summed E-state index contributed by atoms with van der Waals surface area (Å²) in [6.45, 7) is 4.97. The quantitative estimate of drug-likeness (QED) is 0.634. The molecule has 1 aromatic carbocycles. The second-order valence-electron chi connectivity index (χ2n) is 8.43. The lowest BCUT2D eigenvalue weighted by Gasteiger charge is -2.41. The highest BCUT2D eigenvalue weighted by molar-refractivity contribution is 5.76. The molecule has 4 rings (SSSR count). The van der Waals surface area contributed by atoms with Crippen molar-refractivity contribution in [2.75, 3.05) is 6.61 Å². The maximum atomic E-state index is 12.3. The summed E-state index contributed by atoms with van der Waals surface area (Å²) in [5.74, 6) is 0.0592. The lowest BCUT2D eigenvalue weighted by molar-refractivity contribution is -0.121. The first kappa shape index (κ1) is 22.0. The zero-order chi connectivity index (χ0) is 22.7. The van der Waals surface area contributed by atoms with Crippen LogP contribution in [0.4, 0.5) is 4.79 Å². The van der Waals surface area contributed by atoms with Gasteiger partial charge in [-0.25, -0.2) is 9.59 Å². The van der Waals surface area contributed by atoms with Crippen molar-refractivity contribution in [1.82, 2.24) is 25.5 Å². The number of aromatic nitrogens is 2. The molecule has 2 aromatic rings. The fraction of sp³-hybridized carbons (Fsp3) is 0.478. The van der Waals surface area contributed by atoms with Crippen molar-refractivity contribution in [2.24, 2.45) is 5.92 Å². The second kappa shape index (κ2) is 9.52. The number of amides is 3. The minimum atomic E-state index is -0.332. The zero-order valence-corrected chi connectivity index (χ0v) is 18.4. The highest BCUT2D eigenvalue weighted by atomic mass is 16.5. The largest absolute Gasteiger partial charge is 0.358 e. The van der Waals surface area contributed by atoms with Crippen LogP contribution < -0.4 is 21.6 Å². The molecular formula is C23H29N5O4. The van der Waals surface area contributed by atoms with Gasteiger partial charge in [0.2, 0.25) is 5.91 Å². The van der Waals surface area contributed by atoms with Gasteiger partial charge < -0.3 is 20.7 Å². The molecule has 2 aliphatic rings. The molecule has 3 amide bonds. The van der Waals surface area contributed by atoms with E-state index in [1.54, 1.807) is 6.92 Å². The van der Waals surface area contributed by atoms with Crippen LogP contribution in [0, 0.1) is 19.8 Å². The van der Waals surface area contributed by atoms with Crippen molar-refractivity contribution in [1.29, 1.82) is 0 Å². The van der Waals surface area contributed by atoms with Gasteiger partial charge in [-0.05, 0) is 43.9 Å². The Balaban J connectivity index is 1.31. The maximum absolute atomic E-state index is 12.3. The molecule has 2 fully saturated rings. The van der Waals surface area contributed by atoms with Crippen LogP contribution in [0.5, 0.6) is 0 Å². The first-order chi connectivity index (χ1) is 15.4. The van der Waals surface area contributed by atoms with E-state index in [2.05, 4.69) is 20.9 Å². The molecule has 3 N–H and O–H groups in total. The Labute approximate surface area is 186 Å². The fourth-order valence-electron chi connectivity index (χ4n) is 4.44. The van der Waals surface area contributed by atoms with Gasteiger partial charge in [-0.3, -0.25) is 9.36 Å². The third kappa shape index (κ3) is 4.99. The Bertz CT molecular complexity index is 1050. The molecule has 9 heteroatoms. The van der Waals surface area contributed by atoms with Crippen LogP contribution in [0.1, 0.15) is 47.8 Å². The first-order valence-electron chi connectivity index (χ1n) is 11.0. The molecule has 32 heavy (non-hydrogen) atoms. The number of nitrogens with one attached hydrogen (secondary N) is 3. The summed E-state index contributed by atoms with van der Waals surface area (Å²) in [6.07, 6.45) is 1.91. The number of aryl methyl sites for hydroxylation is 2. The summed E-state index contributed by atoms with van der Waals surface area (Å²) in [6, 6.07) is 9.42. The van der Waals surface area contributed by atoms with E-state index in [1.165, 1.54) is 4.57 Å². The van der Waals surface area contributed by atoms with E-state index < -0.39 is 0 Å². The molecule has 0 spiro atoms. The molecule has 170 valence electrons. The Morgan fingerprint density at radius 2 is 2.00 bits per heavy atom. The molecule has 2 aliphatic heterocycles. The molecular weight excluding hydrogens is 410 g/mol. The van der Waals surface area contributed by atoms with Crippen molar-refractivity contribution >= 4 is 11.9 Å². The lowest BCUT2D eigenvalue weighted by Crippen LogP contribution is -2.58. The number of benzene rings is 1. The van der Waals surface area contributed by atoms with E-state index in [-0.39, 0.29) is 42.2 Å². The first-order valence-corrected chi connectivity index (χ1v) is 11.0. The molecule has 9 nitrogen and oxygen atoms in total. The van der Waals surface area contributed by atoms with Crippen molar-refractivity contribution in [3.05, 3.63) is 63.3 Å². The molecule has 3 atom stereocenters. The number of hydrogen-bond acceptors (Lipinski definition) is 5. The number of rotatable bonds is 6. The van der Waals surface area contributed by atoms with Crippen LogP contribution in [0.25, 0.3) is 0 Å². The van der Waals surface area contributed by atoms with E-state index in [4.69, 9.17) is 4.74 Å². The Morgan fingerprint density at radius 3 is 2.75 bits per heavy atom. The summed E-state index contributed by atoms with van der Waals surface area (Å²) in [4.78, 5) is 40.2. The van der Waals surface area contributed by atoms with Crippen molar-refractivity contribution in [3.63, 3.8) is 0 Å². The second-order valence-corrected chi connectivity index (χ2v) is 8.43. The Hall–Kier alpha value is -3.20. The molecule has 0 unspecified atom stereocenters. The smallest absolute Gasteiger partial charge is 0.347 e. The zero-order valence-electron chi connectivity index (χ0n) is 18.4. The summed E-state index contributed by atoms with van der Waals surface area (Å²) in [5, 5.41) is 8.76. The summed E-state index contributed by atoms with van der Waals surface area (Å²) in [5.41, 5.74) is 3.12. The number of carbonyl (C=O) groups is 2. The van der Waals surface area contributed by atoms with Crippen LogP contribution in [0.2, 0.25) is 0 Å². The van der Waals surface area contributed by atoms with Crippen molar-refractivity contribution < 1.29 is 14.3 Å². The number of nitrogens with zero attached hydrogens (tertiary/aromatic N) is 2. The van der Waals surface area contributed by atoms with Crippen LogP contribution in [0.3, 0.4) is 0 Å². The summed E-state index contributed by atoms with van der Waals surface area (Å²) >= 11 is 0. The minimum absolute atomic E-state index is 0.0950. The SMILES string of the molecule is Cc1cc(C)n(CCC(=O)NCc2ccc([C@@H]3NC(=O)N[C@H]4OCCC[C@H]43)cc2)c(=O)n1. The van der Waals surface area contributed by atoms with E-state index >= 15 is 0 Å². The normalized spacial score (nSPS) is 22.4. The van der Waals surface area contributed by atoms with E-state index in [9.17, 15) is 14.4 Å². The van der Waals surface area contributed by atoms with Gasteiger partial charge in [0.1, 0.15) is 6.23 Å². The molecule has 1 aromatic heterocycles. The average molecular weight is 440 g/mol. The number of fused-ring (bicyclic) bond motifs is 1. The van der Waals surface area contributed by atoms with Crippen LogP contribution in [0.15, 0.2) is 35.1 Å². The van der Waals surface area contributed by atoms with Gasteiger partial charge in [-0.2, -0.15) is 4.98 Å². The van der Waals surface area contributed by atoms with Crippen molar-refractivity contribution in [3.8, 4) is 0 Å². The Morgan fingerprint density at radius 1 is 1.22 bits per heavy atom. The van der Waals surface area contributed by atoms with Gasteiger partial charge in [-0.1, -0.05) is 24.3 Å². The van der Waals surface area contributed by atoms with Crippen LogP contribution in [-0.2, 0) is 22.6 Å². The van der Waals surface area contributed by atoms with Crippen LogP contribution in [-0.4, -0.2) is 34.3 Å². The Kier molecular flexibility index (Phi) is 6.55. The summed E-state index contributed by atoms with van der Waals surface area (Å²) in [7, 11) is 0. The fourth-order valence-corrected chi connectivity index (χ4v) is 4.44. The van der Waals surface area contributed by atoms with Gasteiger partial charge in [0.05, 0.1) is 6.04 Å². The standard InChI is InChI=1S/C23H29N5O4/c1-14-12-15(2)28(23(31)25-14)10-9-19(29)24-13-16-5-7-17(8-6-16)20-18-4-3-11-32-21(18)27-22(30)26-20/h5-8,12,18,20-21H,3-4,9-11,13H2,1-2H3,(H,24,29)(H2,26,27,30)/t18-,20-,21-/m0/s1. The van der Waals surface area contributed by atoms with Gasteiger partial charge in [0, 0.05) is 43.4 Å². The molecule has 0 saturated carbocycles. The molecule has 0 aliphatic carbocycles. The maximum Gasteiger partial charge on any atom is 0.347 e. The third-order valence-electron chi connectivity index (χ3n) is 6.09. The number of urea groups is 1. The molecule has 3 heterocycles. The highest BCUT2D eigenvalue weighted by Gasteiger charge is 2.39. The number of hydrogen-bond donors (Lipinski definition) is 3.